The third-order valence-corrected chi connectivity index (χ3v) is 2.84. The van der Waals surface area contributed by atoms with Gasteiger partial charge in [-0.1, -0.05) is 30.3 Å². The molecule has 2 heterocycles. The summed E-state index contributed by atoms with van der Waals surface area (Å²) < 4.78 is 5.75. The van der Waals surface area contributed by atoms with Crippen molar-refractivity contribution in [3.8, 4) is 0 Å². The van der Waals surface area contributed by atoms with Crippen LogP contribution in [-0.4, -0.2) is 17.2 Å². The van der Waals surface area contributed by atoms with Crippen LogP contribution in [0.15, 0.2) is 65.5 Å². The molecule has 0 saturated carbocycles. The SMILES string of the molecule is C1=C(OCc2ccccc2)CN=C1c1ccc[nH]1. The molecule has 1 aliphatic heterocycles. The zero-order valence-electron chi connectivity index (χ0n) is 9.97. The number of rotatable bonds is 4. The fourth-order valence-electron chi connectivity index (χ4n) is 1.90. The van der Waals surface area contributed by atoms with Crippen LogP contribution in [0.25, 0.3) is 0 Å². The molecular weight excluding hydrogens is 224 g/mol. The standard InChI is InChI=1S/C15H14N2O/c1-2-5-12(6-3-1)11-18-13-9-15(17-10-13)14-7-4-8-16-14/h1-9,16H,10-11H2. The molecule has 3 nitrogen and oxygen atoms in total. The van der Waals surface area contributed by atoms with Crippen molar-refractivity contribution < 1.29 is 4.74 Å². The van der Waals surface area contributed by atoms with Gasteiger partial charge in [-0.25, -0.2) is 0 Å². The first-order chi connectivity index (χ1) is 8.92. The predicted octanol–water partition coefficient (Wildman–Crippen LogP) is 2.92. The molecule has 90 valence electrons. The largest absolute Gasteiger partial charge is 0.491 e. The average Bonchev–Trinajstić information content (AvgIpc) is 3.08. The van der Waals surface area contributed by atoms with Gasteiger partial charge in [-0.3, -0.25) is 4.99 Å². The van der Waals surface area contributed by atoms with Crippen molar-refractivity contribution in [1.82, 2.24) is 4.98 Å². The third-order valence-electron chi connectivity index (χ3n) is 2.84. The Hall–Kier alpha value is -2.29. The van der Waals surface area contributed by atoms with E-state index in [1.165, 1.54) is 5.56 Å². The van der Waals surface area contributed by atoms with Gasteiger partial charge in [0.05, 0.1) is 18.0 Å². The summed E-state index contributed by atoms with van der Waals surface area (Å²) in [6.07, 6.45) is 3.89. The van der Waals surface area contributed by atoms with E-state index in [9.17, 15) is 0 Å². The molecule has 0 saturated heterocycles. The second-order valence-corrected chi connectivity index (χ2v) is 4.17. The van der Waals surface area contributed by atoms with E-state index < -0.39 is 0 Å². The highest BCUT2D eigenvalue weighted by molar-refractivity contribution is 6.09. The lowest BCUT2D eigenvalue weighted by molar-refractivity contribution is 0.198. The molecule has 0 fully saturated rings. The van der Waals surface area contributed by atoms with Crippen molar-refractivity contribution in [2.45, 2.75) is 6.61 Å². The Morgan fingerprint density at radius 3 is 2.78 bits per heavy atom. The van der Waals surface area contributed by atoms with Crippen molar-refractivity contribution >= 4 is 5.71 Å². The summed E-state index contributed by atoms with van der Waals surface area (Å²) in [5, 5.41) is 0. The number of aliphatic imine (C=N–C) groups is 1. The van der Waals surface area contributed by atoms with E-state index in [0.717, 1.165) is 17.2 Å². The Kier molecular flexibility index (Phi) is 2.96. The van der Waals surface area contributed by atoms with Crippen LogP contribution in [0.1, 0.15) is 11.3 Å². The molecule has 1 aromatic heterocycles. The molecule has 1 aromatic carbocycles. The van der Waals surface area contributed by atoms with Gasteiger partial charge in [0, 0.05) is 12.3 Å². The molecular formula is C15H14N2O. The van der Waals surface area contributed by atoms with Crippen LogP contribution in [0.5, 0.6) is 0 Å². The van der Waals surface area contributed by atoms with E-state index in [-0.39, 0.29) is 0 Å². The monoisotopic (exact) mass is 238 g/mol. The van der Waals surface area contributed by atoms with Gasteiger partial charge >= 0.3 is 0 Å². The molecule has 0 spiro atoms. The topological polar surface area (TPSA) is 37.4 Å². The summed E-state index contributed by atoms with van der Waals surface area (Å²) >= 11 is 0. The van der Waals surface area contributed by atoms with E-state index in [0.29, 0.717) is 13.2 Å². The zero-order valence-corrected chi connectivity index (χ0v) is 9.97. The highest BCUT2D eigenvalue weighted by Crippen LogP contribution is 2.14. The number of allylic oxidation sites excluding steroid dienone is 1. The maximum absolute atomic E-state index is 5.75. The first-order valence-electron chi connectivity index (χ1n) is 5.97. The molecule has 0 unspecified atom stereocenters. The molecule has 2 aromatic rings. The number of hydrogen-bond acceptors (Lipinski definition) is 2. The summed E-state index contributed by atoms with van der Waals surface area (Å²) in [6.45, 7) is 1.22. The number of ether oxygens (including phenoxy) is 1. The molecule has 1 N–H and O–H groups in total. The van der Waals surface area contributed by atoms with Crippen LogP contribution >= 0.6 is 0 Å². The highest BCUT2D eigenvalue weighted by Gasteiger charge is 2.11. The molecule has 0 atom stereocenters. The smallest absolute Gasteiger partial charge is 0.120 e. The normalized spacial score (nSPS) is 14.2. The quantitative estimate of drug-likeness (QED) is 0.873. The second kappa shape index (κ2) is 4.92. The first kappa shape index (κ1) is 10.8. The Labute approximate surface area is 106 Å². The maximum atomic E-state index is 5.75. The molecule has 0 bridgehead atoms. The van der Waals surface area contributed by atoms with E-state index >= 15 is 0 Å². The van der Waals surface area contributed by atoms with Gasteiger partial charge in [0.2, 0.25) is 0 Å². The lowest BCUT2D eigenvalue weighted by Crippen LogP contribution is -1.95. The number of nitrogens with one attached hydrogen (secondary N) is 1. The van der Waals surface area contributed by atoms with Crippen molar-refractivity contribution in [3.63, 3.8) is 0 Å². The van der Waals surface area contributed by atoms with Gasteiger partial charge in [-0.15, -0.1) is 0 Å². The lowest BCUT2D eigenvalue weighted by atomic mass is 10.2. The summed E-state index contributed by atoms with van der Waals surface area (Å²) in [6, 6.07) is 14.1. The minimum absolute atomic E-state index is 0.597. The fourth-order valence-corrected chi connectivity index (χ4v) is 1.90. The number of aromatic nitrogens is 1. The van der Waals surface area contributed by atoms with E-state index in [1.807, 2.05) is 42.6 Å². The Bertz CT molecular complexity index is 568. The summed E-state index contributed by atoms with van der Waals surface area (Å²) in [4.78, 5) is 7.58. The minimum atomic E-state index is 0.597. The number of H-pyrrole nitrogens is 1. The molecule has 0 radical (unpaired) electrons. The van der Waals surface area contributed by atoms with Crippen molar-refractivity contribution in [1.29, 1.82) is 0 Å². The van der Waals surface area contributed by atoms with E-state index in [2.05, 4.69) is 22.1 Å². The Balaban J connectivity index is 1.62. The van der Waals surface area contributed by atoms with Crippen LogP contribution in [0.3, 0.4) is 0 Å². The van der Waals surface area contributed by atoms with Gasteiger partial charge in [0.25, 0.3) is 0 Å². The molecule has 0 aliphatic carbocycles. The fraction of sp³-hybridized carbons (Fsp3) is 0.133. The van der Waals surface area contributed by atoms with Crippen LogP contribution in [0.4, 0.5) is 0 Å². The van der Waals surface area contributed by atoms with Crippen molar-refractivity contribution in [2.75, 3.05) is 6.54 Å². The first-order valence-corrected chi connectivity index (χ1v) is 5.97. The Morgan fingerprint density at radius 2 is 2.00 bits per heavy atom. The molecule has 3 heteroatoms. The average molecular weight is 238 g/mol. The van der Waals surface area contributed by atoms with Gasteiger partial charge in [-0.05, 0) is 17.7 Å². The van der Waals surface area contributed by atoms with Gasteiger partial charge in [0.1, 0.15) is 12.4 Å². The van der Waals surface area contributed by atoms with Gasteiger partial charge in [0.15, 0.2) is 0 Å². The Morgan fingerprint density at radius 1 is 1.11 bits per heavy atom. The van der Waals surface area contributed by atoms with Gasteiger partial charge < -0.3 is 9.72 Å². The third kappa shape index (κ3) is 2.35. The van der Waals surface area contributed by atoms with Crippen LogP contribution in [0, 0.1) is 0 Å². The van der Waals surface area contributed by atoms with E-state index in [4.69, 9.17) is 4.74 Å². The van der Waals surface area contributed by atoms with Crippen LogP contribution in [-0.2, 0) is 11.3 Å². The number of benzene rings is 1. The zero-order chi connectivity index (χ0) is 12.2. The molecule has 18 heavy (non-hydrogen) atoms. The summed E-state index contributed by atoms with van der Waals surface area (Å²) in [5.41, 5.74) is 3.17. The number of nitrogens with zero attached hydrogens (tertiary/aromatic N) is 1. The van der Waals surface area contributed by atoms with Crippen molar-refractivity contribution in [3.05, 3.63) is 71.8 Å². The van der Waals surface area contributed by atoms with Crippen molar-refractivity contribution in [2.24, 2.45) is 4.99 Å². The summed E-state index contributed by atoms with van der Waals surface area (Å²) in [5.74, 6) is 0.920. The van der Waals surface area contributed by atoms with Crippen LogP contribution < -0.4 is 0 Å². The molecule has 0 amide bonds. The number of hydrogen-bond donors (Lipinski definition) is 1. The summed E-state index contributed by atoms with van der Waals surface area (Å²) in [7, 11) is 0. The molecule has 1 aliphatic rings. The maximum Gasteiger partial charge on any atom is 0.120 e. The molecule has 3 rings (SSSR count). The van der Waals surface area contributed by atoms with Crippen LogP contribution in [0.2, 0.25) is 0 Å². The minimum Gasteiger partial charge on any atom is -0.491 e. The second-order valence-electron chi connectivity index (χ2n) is 4.17. The lowest BCUT2D eigenvalue weighted by Gasteiger charge is -2.05. The number of aromatic amines is 1. The van der Waals surface area contributed by atoms with Gasteiger partial charge in [-0.2, -0.15) is 0 Å². The highest BCUT2D eigenvalue weighted by atomic mass is 16.5. The predicted molar refractivity (Wildman–Crippen MR) is 71.5 cm³/mol. The van der Waals surface area contributed by atoms with E-state index in [1.54, 1.807) is 0 Å².